The lowest BCUT2D eigenvalue weighted by Crippen LogP contribution is -2.43. The smallest absolute Gasteiger partial charge is 0.419 e. The summed E-state index contributed by atoms with van der Waals surface area (Å²) in [6.45, 7) is 2.30. The van der Waals surface area contributed by atoms with Crippen molar-refractivity contribution in [2.45, 2.75) is 19.0 Å². The third-order valence-corrected chi connectivity index (χ3v) is 4.60. The molecule has 0 amide bonds. The minimum absolute atomic E-state index is 0.120. The third kappa shape index (κ3) is 6.81. The molecule has 142 valence electrons. The fraction of sp³-hybridized carbons (Fsp3) is 0.600. The number of nitrogens with two attached hydrogens (primary N) is 1. The Morgan fingerprint density at radius 1 is 1.32 bits per heavy atom. The molecule has 10 heteroatoms. The Morgan fingerprint density at radius 3 is 2.72 bits per heavy atom. The van der Waals surface area contributed by atoms with Crippen LogP contribution in [0.25, 0.3) is 0 Å². The Morgan fingerprint density at radius 2 is 2.04 bits per heavy atom. The largest absolute Gasteiger partial charge is 0.492 e. The van der Waals surface area contributed by atoms with Gasteiger partial charge < -0.3 is 4.74 Å². The normalized spacial score (nSPS) is 19.8. The number of hydrogen-bond donors (Lipinski definition) is 2. The van der Waals surface area contributed by atoms with Crippen molar-refractivity contribution in [1.29, 1.82) is 0 Å². The number of hydrogen-bond acceptors (Lipinski definition) is 4. The lowest BCUT2D eigenvalue weighted by molar-refractivity contribution is -0.139. The highest BCUT2D eigenvalue weighted by Gasteiger charge is 2.34. The summed E-state index contributed by atoms with van der Waals surface area (Å²) >= 11 is 0. The number of para-hydroxylation sites is 1. The summed E-state index contributed by atoms with van der Waals surface area (Å²) in [6, 6.07) is 5.12. The van der Waals surface area contributed by atoms with Crippen molar-refractivity contribution in [2.75, 3.05) is 32.8 Å². The monoisotopic (exact) mass is 381 g/mol. The van der Waals surface area contributed by atoms with Crippen LogP contribution in [0.1, 0.15) is 18.4 Å². The third-order valence-electron chi connectivity index (χ3n) is 4.03. The van der Waals surface area contributed by atoms with Gasteiger partial charge in [-0.15, -0.1) is 0 Å². The first-order valence-corrected chi connectivity index (χ1v) is 9.48. The number of piperidine rings is 1. The van der Waals surface area contributed by atoms with E-state index in [2.05, 4.69) is 9.62 Å². The highest BCUT2D eigenvalue weighted by molar-refractivity contribution is 7.87. The second-order valence-corrected chi connectivity index (χ2v) is 7.42. The van der Waals surface area contributed by atoms with Crippen LogP contribution in [-0.4, -0.2) is 46.1 Å². The van der Waals surface area contributed by atoms with E-state index in [4.69, 9.17) is 9.88 Å². The molecule has 6 nitrogen and oxygen atoms in total. The molecular weight excluding hydrogens is 359 g/mol. The average Bonchev–Trinajstić information content (AvgIpc) is 2.52. The number of likely N-dealkylation sites (tertiary alicyclic amines) is 1. The van der Waals surface area contributed by atoms with E-state index in [0.29, 0.717) is 13.1 Å². The number of alkyl halides is 3. The molecule has 2 rings (SSSR count). The van der Waals surface area contributed by atoms with E-state index in [9.17, 15) is 21.6 Å². The van der Waals surface area contributed by atoms with E-state index in [0.717, 1.165) is 25.5 Å². The molecule has 1 saturated heterocycles. The second-order valence-electron chi connectivity index (χ2n) is 6.04. The molecule has 25 heavy (non-hydrogen) atoms. The van der Waals surface area contributed by atoms with E-state index in [-0.39, 0.29) is 24.8 Å². The second kappa shape index (κ2) is 8.35. The fourth-order valence-corrected chi connectivity index (χ4v) is 3.33. The van der Waals surface area contributed by atoms with Gasteiger partial charge in [0.1, 0.15) is 12.4 Å². The van der Waals surface area contributed by atoms with Gasteiger partial charge in [0.2, 0.25) is 0 Å². The van der Waals surface area contributed by atoms with Crippen LogP contribution in [0.2, 0.25) is 0 Å². The van der Waals surface area contributed by atoms with E-state index in [1.807, 2.05) is 0 Å². The molecule has 1 heterocycles. The Hall–Kier alpha value is -1.36. The summed E-state index contributed by atoms with van der Waals surface area (Å²) in [4.78, 5) is 2.05. The highest BCUT2D eigenvalue weighted by atomic mass is 32.2. The van der Waals surface area contributed by atoms with Crippen LogP contribution in [-0.2, 0) is 16.4 Å². The zero-order chi connectivity index (χ0) is 18.5. The molecular formula is C15H22F3N3O3S. The van der Waals surface area contributed by atoms with Crippen LogP contribution < -0.4 is 14.6 Å². The SMILES string of the molecule is NS(=O)(=O)NCC1CCCN(CCOc2ccccc2C(F)(F)F)C1. The number of ether oxygens (including phenoxy) is 1. The zero-order valence-corrected chi connectivity index (χ0v) is 14.4. The van der Waals surface area contributed by atoms with E-state index in [1.54, 1.807) is 0 Å². The first kappa shape index (κ1) is 20.0. The van der Waals surface area contributed by atoms with Crippen molar-refractivity contribution in [3.05, 3.63) is 29.8 Å². The molecule has 1 aromatic rings. The van der Waals surface area contributed by atoms with E-state index >= 15 is 0 Å². The number of halogens is 3. The minimum Gasteiger partial charge on any atom is -0.492 e. The first-order valence-electron chi connectivity index (χ1n) is 7.94. The number of benzene rings is 1. The van der Waals surface area contributed by atoms with Gasteiger partial charge in [-0.25, -0.2) is 9.86 Å². The minimum atomic E-state index is -4.45. The molecule has 1 aliphatic heterocycles. The number of nitrogens with zero attached hydrogens (tertiary/aromatic N) is 1. The van der Waals surface area contributed by atoms with Crippen molar-refractivity contribution in [2.24, 2.45) is 11.1 Å². The van der Waals surface area contributed by atoms with Gasteiger partial charge in [-0.3, -0.25) is 4.90 Å². The maximum absolute atomic E-state index is 12.9. The van der Waals surface area contributed by atoms with Crippen molar-refractivity contribution in [1.82, 2.24) is 9.62 Å². The predicted octanol–water partition coefficient (Wildman–Crippen LogP) is 1.59. The molecule has 1 fully saturated rings. The van der Waals surface area contributed by atoms with Gasteiger partial charge in [0.05, 0.1) is 5.56 Å². The summed E-state index contributed by atoms with van der Waals surface area (Å²) in [6.07, 6.45) is -2.70. The van der Waals surface area contributed by atoms with Crippen LogP contribution in [0.4, 0.5) is 13.2 Å². The lowest BCUT2D eigenvalue weighted by atomic mass is 9.98. The Kier molecular flexibility index (Phi) is 6.66. The summed E-state index contributed by atoms with van der Waals surface area (Å²) < 4.78 is 68.2. The Bertz CT molecular complexity index is 667. The molecule has 1 aliphatic rings. The maximum atomic E-state index is 12.9. The summed E-state index contributed by atoms with van der Waals surface area (Å²) in [7, 11) is -3.71. The fourth-order valence-electron chi connectivity index (χ4n) is 2.87. The van der Waals surface area contributed by atoms with Crippen LogP contribution >= 0.6 is 0 Å². The maximum Gasteiger partial charge on any atom is 0.419 e. The van der Waals surface area contributed by atoms with E-state index in [1.165, 1.54) is 18.2 Å². The van der Waals surface area contributed by atoms with Crippen molar-refractivity contribution in [3.8, 4) is 5.75 Å². The first-order chi connectivity index (χ1) is 11.6. The van der Waals surface area contributed by atoms with Gasteiger partial charge >= 0.3 is 6.18 Å². The number of nitrogens with one attached hydrogen (secondary N) is 1. The summed E-state index contributed by atoms with van der Waals surface area (Å²) in [5, 5.41) is 4.92. The topological polar surface area (TPSA) is 84.7 Å². The van der Waals surface area contributed by atoms with Gasteiger partial charge in [-0.05, 0) is 37.4 Å². The van der Waals surface area contributed by atoms with Gasteiger partial charge in [-0.2, -0.15) is 21.6 Å². The van der Waals surface area contributed by atoms with Crippen LogP contribution in [0, 0.1) is 5.92 Å². The Balaban J connectivity index is 1.82. The van der Waals surface area contributed by atoms with Crippen molar-refractivity contribution in [3.63, 3.8) is 0 Å². The molecule has 1 atom stereocenters. The average molecular weight is 381 g/mol. The Labute approximate surface area is 145 Å². The zero-order valence-electron chi connectivity index (χ0n) is 13.6. The summed E-state index contributed by atoms with van der Waals surface area (Å²) in [5.74, 6) is -0.0611. The molecule has 1 aromatic carbocycles. The highest BCUT2D eigenvalue weighted by Crippen LogP contribution is 2.35. The summed E-state index contributed by atoms with van der Waals surface area (Å²) in [5.41, 5.74) is -0.788. The van der Waals surface area contributed by atoms with E-state index < -0.39 is 21.9 Å². The molecule has 0 spiro atoms. The standard InChI is InChI=1S/C15H22F3N3O3S/c16-15(17,18)13-5-1-2-6-14(13)24-9-8-21-7-3-4-12(11-21)10-20-25(19,22)23/h1-2,5-6,12,20H,3-4,7-11H2,(H2,19,22,23). The van der Waals surface area contributed by atoms with Crippen LogP contribution in [0.3, 0.4) is 0 Å². The van der Waals surface area contributed by atoms with Crippen molar-refractivity contribution >= 4 is 10.2 Å². The lowest BCUT2D eigenvalue weighted by Gasteiger charge is -2.32. The van der Waals surface area contributed by atoms with Gasteiger partial charge in [0, 0.05) is 19.6 Å². The predicted molar refractivity (Wildman–Crippen MR) is 87.2 cm³/mol. The van der Waals surface area contributed by atoms with Gasteiger partial charge in [0.15, 0.2) is 0 Å². The van der Waals surface area contributed by atoms with Crippen LogP contribution in [0.15, 0.2) is 24.3 Å². The van der Waals surface area contributed by atoms with Gasteiger partial charge in [0.25, 0.3) is 10.2 Å². The molecule has 0 aliphatic carbocycles. The molecule has 0 radical (unpaired) electrons. The quantitative estimate of drug-likeness (QED) is 0.751. The number of rotatable bonds is 7. The molecule has 1 unspecified atom stereocenters. The molecule has 0 bridgehead atoms. The van der Waals surface area contributed by atoms with Gasteiger partial charge in [-0.1, -0.05) is 12.1 Å². The molecule has 3 N–H and O–H groups in total. The van der Waals surface area contributed by atoms with Crippen molar-refractivity contribution < 1.29 is 26.3 Å². The molecule has 0 aromatic heterocycles. The van der Waals surface area contributed by atoms with Crippen LogP contribution in [0.5, 0.6) is 5.75 Å². The molecule has 0 saturated carbocycles.